The van der Waals surface area contributed by atoms with Crippen LogP contribution in [0.2, 0.25) is 0 Å². The monoisotopic (exact) mass is 282 g/mol. The smallest absolute Gasteiger partial charge is 0.263 e. The number of allylic oxidation sites excluding steroid dienone is 1. The van der Waals surface area contributed by atoms with E-state index < -0.39 is 37.5 Å². The second-order valence-corrected chi connectivity index (χ2v) is 7.87. The van der Waals surface area contributed by atoms with Gasteiger partial charge in [0, 0.05) is 0 Å². The van der Waals surface area contributed by atoms with Crippen molar-refractivity contribution >= 4 is 20.2 Å². The molecule has 0 radical (unpaired) electrons. The van der Waals surface area contributed by atoms with Gasteiger partial charge in [-0.05, 0) is 25.2 Å². The zero-order valence-electron chi connectivity index (χ0n) is 9.11. The molecule has 2 aliphatic rings. The van der Waals surface area contributed by atoms with Crippen LogP contribution in [-0.2, 0) is 28.6 Å². The van der Waals surface area contributed by atoms with Gasteiger partial charge in [0.1, 0.15) is 12.2 Å². The predicted octanol–water partition coefficient (Wildman–Crippen LogP) is 0.374. The number of fused-ring (bicyclic) bond motifs is 1. The van der Waals surface area contributed by atoms with E-state index in [1.807, 2.05) is 0 Å². The molecule has 17 heavy (non-hydrogen) atoms. The van der Waals surface area contributed by atoms with E-state index in [0.29, 0.717) is 12.8 Å². The largest absolute Gasteiger partial charge is 0.284 e. The van der Waals surface area contributed by atoms with E-state index >= 15 is 0 Å². The Morgan fingerprint density at radius 1 is 1.00 bits per heavy atom. The molecular weight excluding hydrogens is 268 g/mol. The van der Waals surface area contributed by atoms with Crippen LogP contribution in [0, 0.1) is 5.92 Å². The highest BCUT2D eigenvalue weighted by Crippen LogP contribution is 2.33. The Hall–Kier alpha value is -0.440. The Labute approximate surface area is 101 Å². The first-order chi connectivity index (χ1) is 7.81. The van der Waals surface area contributed by atoms with Crippen LogP contribution >= 0.6 is 0 Å². The predicted molar refractivity (Wildman–Crippen MR) is 60.0 cm³/mol. The molecule has 8 heteroatoms. The van der Waals surface area contributed by atoms with Crippen molar-refractivity contribution in [3.8, 4) is 0 Å². The molecule has 0 aromatic rings. The maximum Gasteiger partial charge on any atom is 0.284 e. The highest BCUT2D eigenvalue weighted by atomic mass is 32.3. The molecule has 0 bridgehead atoms. The molecule has 6 nitrogen and oxygen atoms in total. The van der Waals surface area contributed by atoms with Gasteiger partial charge in [-0.3, -0.25) is 8.37 Å². The normalized spacial score (nSPS) is 39.9. The van der Waals surface area contributed by atoms with Crippen molar-refractivity contribution in [2.75, 3.05) is 5.08 Å². The van der Waals surface area contributed by atoms with E-state index in [1.165, 1.54) is 0 Å². The summed E-state index contributed by atoms with van der Waals surface area (Å²) in [5.41, 5.74) is 0. The minimum absolute atomic E-state index is 0.135. The fraction of sp³-hybridized carbons (Fsp3) is 0.778. The lowest BCUT2D eigenvalue weighted by Gasteiger charge is -2.31. The van der Waals surface area contributed by atoms with Gasteiger partial charge in [-0.25, -0.2) is 0 Å². The second-order valence-electron chi connectivity index (χ2n) is 4.31. The van der Waals surface area contributed by atoms with Crippen molar-refractivity contribution in [3.63, 3.8) is 0 Å². The third kappa shape index (κ3) is 3.06. The highest BCUT2D eigenvalue weighted by molar-refractivity contribution is 8.03. The molecule has 98 valence electrons. The summed E-state index contributed by atoms with van der Waals surface area (Å²) in [5, 5.41) is -1.11. The van der Waals surface area contributed by atoms with Crippen molar-refractivity contribution < 1.29 is 25.2 Å². The van der Waals surface area contributed by atoms with Crippen molar-refractivity contribution in [1.29, 1.82) is 0 Å². The molecular formula is C9H14O6S2. The highest BCUT2D eigenvalue weighted by Gasteiger charge is 2.42. The van der Waals surface area contributed by atoms with Crippen LogP contribution in [0.3, 0.4) is 0 Å². The van der Waals surface area contributed by atoms with Gasteiger partial charge in [0.25, 0.3) is 20.2 Å². The Balaban J connectivity index is 2.28. The van der Waals surface area contributed by atoms with Crippen LogP contribution in [0.25, 0.3) is 0 Å². The fourth-order valence-corrected chi connectivity index (χ4v) is 5.20. The summed E-state index contributed by atoms with van der Waals surface area (Å²) >= 11 is 0. The van der Waals surface area contributed by atoms with E-state index in [2.05, 4.69) is 6.58 Å². The van der Waals surface area contributed by atoms with Crippen LogP contribution in [0.15, 0.2) is 12.7 Å². The lowest BCUT2D eigenvalue weighted by atomic mass is 9.85. The molecule has 0 aromatic heterocycles. The molecule has 1 saturated heterocycles. The van der Waals surface area contributed by atoms with Gasteiger partial charge in [-0.2, -0.15) is 16.8 Å². The van der Waals surface area contributed by atoms with Gasteiger partial charge in [0.15, 0.2) is 0 Å². The molecule has 3 unspecified atom stereocenters. The summed E-state index contributed by atoms with van der Waals surface area (Å²) in [7, 11) is -8.14. The molecule has 0 amide bonds. The van der Waals surface area contributed by atoms with E-state index in [9.17, 15) is 16.8 Å². The lowest BCUT2D eigenvalue weighted by Crippen LogP contribution is -2.37. The van der Waals surface area contributed by atoms with E-state index in [4.69, 9.17) is 8.37 Å². The van der Waals surface area contributed by atoms with Gasteiger partial charge in [-0.15, -0.1) is 6.58 Å². The van der Waals surface area contributed by atoms with Gasteiger partial charge >= 0.3 is 0 Å². The summed E-state index contributed by atoms with van der Waals surface area (Å²) < 4.78 is 55.4. The molecule has 2 rings (SSSR count). The van der Waals surface area contributed by atoms with Crippen LogP contribution in [0.5, 0.6) is 0 Å². The Bertz CT molecular complexity index is 506. The van der Waals surface area contributed by atoms with E-state index in [1.54, 1.807) is 6.08 Å². The average molecular weight is 282 g/mol. The zero-order chi connectivity index (χ0) is 12.7. The third-order valence-electron chi connectivity index (χ3n) is 2.93. The Morgan fingerprint density at radius 3 is 2.18 bits per heavy atom. The standard InChI is InChI=1S/C9H14O6S2/c1-2-7-3-4-8-9(5-7)15-17(12,13)6-16(10,11)14-8/h2,7-9H,1,3-6H2. The molecule has 3 atom stereocenters. The average Bonchev–Trinajstić information content (AvgIpc) is 2.26. The van der Waals surface area contributed by atoms with Gasteiger partial charge in [0.2, 0.25) is 5.08 Å². The molecule has 0 spiro atoms. The first kappa shape index (κ1) is 13.0. The minimum atomic E-state index is -4.08. The maximum atomic E-state index is 11.4. The summed E-state index contributed by atoms with van der Waals surface area (Å²) in [6, 6.07) is 0. The second kappa shape index (κ2) is 4.34. The third-order valence-corrected chi connectivity index (χ3v) is 6.32. The molecule has 1 heterocycles. The van der Waals surface area contributed by atoms with Crippen molar-refractivity contribution in [2.24, 2.45) is 5.92 Å². The van der Waals surface area contributed by atoms with Crippen LogP contribution in [0.4, 0.5) is 0 Å². The first-order valence-electron chi connectivity index (χ1n) is 5.26. The van der Waals surface area contributed by atoms with Crippen LogP contribution < -0.4 is 0 Å². The SMILES string of the molecule is C=CC1CCC2OS(=O)(=O)CS(=O)(=O)OC2C1. The summed E-state index contributed by atoms with van der Waals surface area (Å²) in [6.45, 7) is 3.65. The number of hydrogen-bond acceptors (Lipinski definition) is 6. The van der Waals surface area contributed by atoms with Gasteiger partial charge in [0.05, 0.1) is 0 Å². The maximum absolute atomic E-state index is 11.4. The zero-order valence-corrected chi connectivity index (χ0v) is 10.7. The van der Waals surface area contributed by atoms with E-state index in [-0.39, 0.29) is 5.92 Å². The molecule has 0 N–H and O–H groups in total. The lowest BCUT2D eigenvalue weighted by molar-refractivity contribution is 0.0253. The molecule has 0 aromatic carbocycles. The summed E-state index contributed by atoms with van der Waals surface area (Å²) in [6.07, 6.45) is 1.90. The Morgan fingerprint density at radius 2 is 1.59 bits per heavy atom. The fourth-order valence-electron chi connectivity index (χ4n) is 2.17. The van der Waals surface area contributed by atoms with Crippen LogP contribution in [-0.4, -0.2) is 34.1 Å². The van der Waals surface area contributed by atoms with Gasteiger partial charge in [-0.1, -0.05) is 6.08 Å². The first-order valence-corrected chi connectivity index (χ1v) is 8.41. The Kier molecular flexibility index (Phi) is 3.32. The van der Waals surface area contributed by atoms with Crippen molar-refractivity contribution in [2.45, 2.75) is 31.5 Å². The molecule has 1 aliphatic heterocycles. The van der Waals surface area contributed by atoms with Gasteiger partial charge < -0.3 is 0 Å². The van der Waals surface area contributed by atoms with E-state index in [0.717, 1.165) is 6.42 Å². The summed E-state index contributed by atoms with van der Waals surface area (Å²) in [5.74, 6) is 0.135. The summed E-state index contributed by atoms with van der Waals surface area (Å²) in [4.78, 5) is 0. The number of hydrogen-bond donors (Lipinski definition) is 0. The topological polar surface area (TPSA) is 86.7 Å². The van der Waals surface area contributed by atoms with Crippen LogP contribution in [0.1, 0.15) is 19.3 Å². The van der Waals surface area contributed by atoms with Crippen molar-refractivity contribution in [1.82, 2.24) is 0 Å². The molecule has 1 aliphatic carbocycles. The number of rotatable bonds is 1. The molecule has 1 saturated carbocycles. The minimum Gasteiger partial charge on any atom is -0.263 e. The quantitative estimate of drug-likeness (QED) is 0.510. The van der Waals surface area contributed by atoms with Crippen molar-refractivity contribution in [3.05, 3.63) is 12.7 Å². The molecule has 2 fully saturated rings.